The molecule has 5 heteroatoms. The summed E-state index contributed by atoms with van der Waals surface area (Å²) >= 11 is 0. The second-order valence-electron chi connectivity index (χ2n) is 3.65. The minimum atomic E-state index is -0.534. The van der Waals surface area contributed by atoms with E-state index in [1.165, 1.54) is 12.1 Å². The van der Waals surface area contributed by atoms with E-state index in [1.807, 2.05) is 6.92 Å². The van der Waals surface area contributed by atoms with Gasteiger partial charge < -0.3 is 15.8 Å². The number of carbonyl (C=O) groups is 1. The van der Waals surface area contributed by atoms with Crippen molar-refractivity contribution in [3.63, 3.8) is 0 Å². The molecular formula is C12H17FN2O2. The van der Waals surface area contributed by atoms with E-state index in [4.69, 9.17) is 10.5 Å². The number of anilines is 1. The van der Waals surface area contributed by atoms with Gasteiger partial charge in [-0.15, -0.1) is 0 Å². The normalized spacial score (nSPS) is 10.3. The summed E-state index contributed by atoms with van der Waals surface area (Å²) in [6.07, 6.45) is 0. The predicted molar refractivity (Wildman–Crippen MR) is 64.4 cm³/mol. The first-order chi connectivity index (χ1) is 8.06. The van der Waals surface area contributed by atoms with Crippen LogP contribution in [0.2, 0.25) is 0 Å². The van der Waals surface area contributed by atoms with Crippen molar-refractivity contribution in [3.05, 3.63) is 29.1 Å². The van der Waals surface area contributed by atoms with Gasteiger partial charge in [0.15, 0.2) is 0 Å². The van der Waals surface area contributed by atoms with Crippen molar-refractivity contribution >= 4 is 11.6 Å². The van der Waals surface area contributed by atoms with Gasteiger partial charge in [-0.05, 0) is 31.5 Å². The maximum atomic E-state index is 13.7. The van der Waals surface area contributed by atoms with Gasteiger partial charge in [0.2, 0.25) is 0 Å². The van der Waals surface area contributed by atoms with E-state index in [0.717, 1.165) is 0 Å². The van der Waals surface area contributed by atoms with Crippen LogP contribution in [0.15, 0.2) is 12.1 Å². The fourth-order valence-corrected chi connectivity index (χ4v) is 1.44. The Hall–Kier alpha value is -1.62. The molecule has 0 unspecified atom stereocenters. The smallest absolute Gasteiger partial charge is 0.254 e. The lowest BCUT2D eigenvalue weighted by atomic mass is 10.1. The molecule has 0 bridgehead atoms. The molecule has 0 spiro atoms. The van der Waals surface area contributed by atoms with Gasteiger partial charge in [-0.1, -0.05) is 0 Å². The van der Waals surface area contributed by atoms with Crippen LogP contribution in [-0.4, -0.2) is 25.7 Å². The van der Waals surface area contributed by atoms with Crippen molar-refractivity contribution in [2.75, 3.05) is 25.5 Å². The zero-order valence-corrected chi connectivity index (χ0v) is 10.0. The van der Waals surface area contributed by atoms with E-state index in [1.54, 1.807) is 6.92 Å². The van der Waals surface area contributed by atoms with Gasteiger partial charge in [0, 0.05) is 18.8 Å². The fourth-order valence-electron chi connectivity index (χ4n) is 1.44. The quantitative estimate of drug-likeness (QED) is 0.605. The standard InChI is InChI=1S/C12H17FN2O2/c1-3-17-5-4-15-12(16)10-7-9(14)6-8(2)11(10)13/h6-7H,3-5,14H2,1-2H3,(H,15,16). The third-order valence-corrected chi connectivity index (χ3v) is 2.26. The zero-order chi connectivity index (χ0) is 12.8. The van der Waals surface area contributed by atoms with Crippen LogP contribution in [0.5, 0.6) is 0 Å². The van der Waals surface area contributed by atoms with Crippen molar-refractivity contribution in [1.29, 1.82) is 0 Å². The highest BCUT2D eigenvalue weighted by Crippen LogP contribution is 2.16. The molecule has 0 aromatic heterocycles. The number of rotatable bonds is 5. The van der Waals surface area contributed by atoms with Crippen LogP contribution in [0, 0.1) is 12.7 Å². The summed E-state index contributed by atoms with van der Waals surface area (Å²) in [5.41, 5.74) is 6.28. The topological polar surface area (TPSA) is 64.3 Å². The van der Waals surface area contributed by atoms with Gasteiger partial charge in [0.25, 0.3) is 5.91 Å². The van der Waals surface area contributed by atoms with Gasteiger partial charge in [-0.3, -0.25) is 4.79 Å². The highest BCUT2D eigenvalue weighted by atomic mass is 19.1. The Bertz CT molecular complexity index is 408. The molecule has 4 nitrogen and oxygen atoms in total. The number of hydrogen-bond donors (Lipinski definition) is 2. The fraction of sp³-hybridized carbons (Fsp3) is 0.417. The van der Waals surface area contributed by atoms with Crippen molar-refractivity contribution in [3.8, 4) is 0 Å². The van der Waals surface area contributed by atoms with E-state index in [9.17, 15) is 9.18 Å². The minimum absolute atomic E-state index is 0.0287. The Morgan fingerprint density at radius 1 is 1.53 bits per heavy atom. The predicted octanol–water partition coefficient (Wildman–Crippen LogP) is 1.48. The van der Waals surface area contributed by atoms with Crippen molar-refractivity contribution < 1.29 is 13.9 Å². The first kappa shape index (κ1) is 13.4. The molecule has 1 amide bonds. The molecule has 1 aromatic carbocycles. The van der Waals surface area contributed by atoms with Crippen molar-refractivity contribution in [2.24, 2.45) is 0 Å². The summed E-state index contributed by atoms with van der Waals surface area (Å²) in [6, 6.07) is 2.82. The Kier molecular flexibility index (Phi) is 4.90. The molecule has 0 aliphatic heterocycles. The Labute approximate surface area is 100.0 Å². The molecule has 1 rings (SSSR count). The monoisotopic (exact) mass is 240 g/mol. The van der Waals surface area contributed by atoms with Crippen LogP contribution in [0.4, 0.5) is 10.1 Å². The lowest BCUT2D eigenvalue weighted by Gasteiger charge is -2.08. The summed E-state index contributed by atoms with van der Waals surface area (Å²) < 4.78 is 18.7. The molecule has 3 N–H and O–H groups in total. The number of halogens is 1. The van der Waals surface area contributed by atoms with E-state index in [2.05, 4.69) is 5.32 Å². The van der Waals surface area contributed by atoms with Gasteiger partial charge in [-0.25, -0.2) is 4.39 Å². The summed E-state index contributed by atoms with van der Waals surface area (Å²) in [6.45, 7) is 4.78. The van der Waals surface area contributed by atoms with Crippen LogP contribution >= 0.6 is 0 Å². The van der Waals surface area contributed by atoms with Crippen LogP contribution in [0.1, 0.15) is 22.8 Å². The Morgan fingerprint density at radius 2 is 2.24 bits per heavy atom. The molecule has 1 aromatic rings. The molecule has 0 saturated heterocycles. The largest absolute Gasteiger partial charge is 0.399 e. The molecule has 0 atom stereocenters. The maximum Gasteiger partial charge on any atom is 0.254 e. The molecule has 0 radical (unpaired) electrons. The summed E-state index contributed by atoms with van der Waals surface area (Å²) in [4.78, 5) is 11.7. The molecule has 0 heterocycles. The third kappa shape index (κ3) is 3.71. The summed E-state index contributed by atoms with van der Waals surface area (Å²) in [5, 5.41) is 2.57. The molecule has 94 valence electrons. The molecular weight excluding hydrogens is 223 g/mol. The minimum Gasteiger partial charge on any atom is -0.399 e. The van der Waals surface area contributed by atoms with E-state index in [0.29, 0.717) is 31.0 Å². The molecule has 17 heavy (non-hydrogen) atoms. The van der Waals surface area contributed by atoms with Crippen molar-refractivity contribution in [1.82, 2.24) is 5.32 Å². The third-order valence-electron chi connectivity index (χ3n) is 2.26. The highest BCUT2D eigenvalue weighted by molar-refractivity contribution is 5.95. The van der Waals surface area contributed by atoms with Gasteiger partial charge in [-0.2, -0.15) is 0 Å². The Morgan fingerprint density at radius 3 is 2.88 bits per heavy atom. The van der Waals surface area contributed by atoms with Crippen LogP contribution in [0.25, 0.3) is 0 Å². The number of nitrogens with one attached hydrogen (secondary N) is 1. The van der Waals surface area contributed by atoms with E-state index in [-0.39, 0.29) is 5.56 Å². The number of ether oxygens (including phenoxy) is 1. The molecule has 0 aliphatic rings. The Balaban J connectivity index is 2.69. The number of aryl methyl sites for hydroxylation is 1. The number of nitrogens with two attached hydrogens (primary N) is 1. The zero-order valence-electron chi connectivity index (χ0n) is 10.0. The number of hydrogen-bond acceptors (Lipinski definition) is 3. The molecule has 0 fully saturated rings. The second-order valence-corrected chi connectivity index (χ2v) is 3.65. The average Bonchev–Trinajstić information content (AvgIpc) is 2.29. The van der Waals surface area contributed by atoms with Gasteiger partial charge in [0.1, 0.15) is 5.82 Å². The average molecular weight is 240 g/mol. The van der Waals surface area contributed by atoms with E-state index >= 15 is 0 Å². The maximum absolute atomic E-state index is 13.7. The first-order valence-corrected chi connectivity index (χ1v) is 5.47. The first-order valence-electron chi connectivity index (χ1n) is 5.47. The highest BCUT2D eigenvalue weighted by Gasteiger charge is 2.13. The lowest BCUT2D eigenvalue weighted by Crippen LogP contribution is -2.28. The lowest BCUT2D eigenvalue weighted by molar-refractivity contribution is 0.0918. The van der Waals surface area contributed by atoms with Gasteiger partial charge >= 0.3 is 0 Å². The van der Waals surface area contributed by atoms with Crippen LogP contribution in [0.3, 0.4) is 0 Å². The van der Waals surface area contributed by atoms with Gasteiger partial charge in [0.05, 0.1) is 12.2 Å². The molecule has 0 saturated carbocycles. The van der Waals surface area contributed by atoms with Crippen LogP contribution < -0.4 is 11.1 Å². The molecule has 0 aliphatic carbocycles. The number of carbonyl (C=O) groups excluding carboxylic acids is 1. The number of benzene rings is 1. The number of nitrogen functional groups attached to an aromatic ring is 1. The van der Waals surface area contributed by atoms with E-state index < -0.39 is 11.7 Å². The van der Waals surface area contributed by atoms with Crippen molar-refractivity contribution in [2.45, 2.75) is 13.8 Å². The van der Waals surface area contributed by atoms with Crippen LogP contribution in [-0.2, 0) is 4.74 Å². The SMILES string of the molecule is CCOCCNC(=O)c1cc(N)cc(C)c1F. The number of amides is 1. The summed E-state index contributed by atoms with van der Waals surface area (Å²) in [7, 11) is 0. The summed E-state index contributed by atoms with van der Waals surface area (Å²) in [5.74, 6) is -1.01. The second kappa shape index (κ2) is 6.20.